The van der Waals surface area contributed by atoms with Crippen LogP contribution in [0.4, 0.5) is 10.1 Å². The fourth-order valence-electron chi connectivity index (χ4n) is 1.23. The molecule has 84 valence electrons. The maximum absolute atomic E-state index is 13.3. The van der Waals surface area contributed by atoms with E-state index >= 15 is 0 Å². The van der Waals surface area contributed by atoms with Crippen LogP contribution in [0, 0.1) is 11.2 Å². The first-order chi connectivity index (χ1) is 6.52. The fourth-order valence-corrected chi connectivity index (χ4v) is 1.23. The van der Waals surface area contributed by atoms with Gasteiger partial charge in [0.25, 0.3) is 0 Å². The van der Waals surface area contributed by atoms with E-state index in [2.05, 4.69) is 5.32 Å². The predicted molar refractivity (Wildman–Crippen MR) is 63.4 cm³/mol. The van der Waals surface area contributed by atoms with Crippen LogP contribution in [0.1, 0.15) is 19.4 Å². The van der Waals surface area contributed by atoms with Crippen LogP contribution in [0.15, 0.2) is 18.2 Å². The molecular weight excluding hydrogens is 217 g/mol. The molecular formula is C10H15ClFN3. The summed E-state index contributed by atoms with van der Waals surface area (Å²) in [6.45, 7) is 3.88. The summed E-state index contributed by atoms with van der Waals surface area (Å²) in [5, 5.41) is 10.3. The number of anilines is 1. The lowest BCUT2D eigenvalue weighted by Crippen LogP contribution is -2.19. The van der Waals surface area contributed by atoms with E-state index in [1.807, 2.05) is 13.8 Å². The molecule has 1 aromatic carbocycles. The second-order valence-electron chi connectivity index (χ2n) is 3.38. The predicted octanol–water partition coefficient (Wildman–Crippen LogP) is 2.35. The highest BCUT2D eigenvalue weighted by Gasteiger charge is 2.11. The third-order valence-electron chi connectivity index (χ3n) is 1.73. The molecule has 5 heteroatoms. The zero-order valence-electron chi connectivity index (χ0n) is 8.67. The van der Waals surface area contributed by atoms with Crippen LogP contribution in [0.5, 0.6) is 0 Å². The largest absolute Gasteiger partial charge is 0.384 e. The van der Waals surface area contributed by atoms with Crippen LogP contribution in [0.3, 0.4) is 0 Å². The Morgan fingerprint density at radius 1 is 1.47 bits per heavy atom. The monoisotopic (exact) mass is 231 g/mol. The highest BCUT2D eigenvalue weighted by atomic mass is 35.5. The Balaban J connectivity index is 0.00000196. The molecule has 0 saturated heterocycles. The van der Waals surface area contributed by atoms with Crippen molar-refractivity contribution < 1.29 is 4.39 Å². The third-order valence-corrected chi connectivity index (χ3v) is 1.73. The van der Waals surface area contributed by atoms with Gasteiger partial charge >= 0.3 is 0 Å². The van der Waals surface area contributed by atoms with Gasteiger partial charge < -0.3 is 11.1 Å². The van der Waals surface area contributed by atoms with Crippen LogP contribution < -0.4 is 11.1 Å². The molecule has 0 atom stereocenters. The minimum absolute atomic E-state index is 0. The van der Waals surface area contributed by atoms with Crippen molar-refractivity contribution in [2.45, 2.75) is 19.9 Å². The molecule has 0 aromatic heterocycles. The van der Waals surface area contributed by atoms with Crippen molar-refractivity contribution >= 4 is 23.9 Å². The number of halogens is 2. The van der Waals surface area contributed by atoms with Crippen LogP contribution in [-0.4, -0.2) is 11.9 Å². The lowest BCUT2D eigenvalue weighted by molar-refractivity contribution is 0.625. The van der Waals surface area contributed by atoms with Gasteiger partial charge in [-0.05, 0) is 26.0 Å². The van der Waals surface area contributed by atoms with Gasteiger partial charge in [-0.1, -0.05) is 6.07 Å². The lowest BCUT2D eigenvalue weighted by atomic mass is 10.1. The van der Waals surface area contributed by atoms with E-state index in [1.54, 1.807) is 12.1 Å². The summed E-state index contributed by atoms with van der Waals surface area (Å²) < 4.78 is 13.3. The molecule has 0 unspecified atom stereocenters. The number of amidine groups is 1. The van der Waals surface area contributed by atoms with Crippen LogP contribution in [0.25, 0.3) is 0 Å². The summed E-state index contributed by atoms with van der Waals surface area (Å²) in [5.41, 5.74) is 6.00. The molecule has 4 N–H and O–H groups in total. The summed E-state index contributed by atoms with van der Waals surface area (Å²) in [7, 11) is 0. The highest BCUT2D eigenvalue weighted by Crippen LogP contribution is 2.18. The van der Waals surface area contributed by atoms with E-state index in [-0.39, 0.29) is 29.8 Å². The quantitative estimate of drug-likeness (QED) is 0.552. The minimum Gasteiger partial charge on any atom is -0.384 e. The third kappa shape index (κ3) is 3.40. The Morgan fingerprint density at radius 2 is 2.07 bits per heavy atom. The summed E-state index contributed by atoms with van der Waals surface area (Å²) in [5.74, 6) is -0.727. The normalized spacial score (nSPS) is 9.60. The molecule has 0 heterocycles. The van der Waals surface area contributed by atoms with Crippen molar-refractivity contribution in [1.82, 2.24) is 0 Å². The number of hydrogen-bond donors (Lipinski definition) is 3. The summed E-state index contributed by atoms with van der Waals surface area (Å²) >= 11 is 0. The molecule has 1 aromatic rings. The molecule has 0 aliphatic rings. The van der Waals surface area contributed by atoms with Gasteiger partial charge in [-0.15, -0.1) is 12.4 Å². The van der Waals surface area contributed by atoms with E-state index in [0.29, 0.717) is 5.69 Å². The van der Waals surface area contributed by atoms with Crippen molar-refractivity contribution in [3.05, 3.63) is 29.6 Å². The zero-order chi connectivity index (χ0) is 10.7. The molecule has 0 aliphatic heterocycles. The van der Waals surface area contributed by atoms with Crippen molar-refractivity contribution in [1.29, 1.82) is 5.41 Å². The average molecular weight is 232 g/mol. The van der Waals surface area contributed by atoms with Crippen molar-refractivity contribution in [3.8, 4) is 0 Å². The van der Waals surface area contributed by atoms with Gasteiger partial charge in [-0.2, -0.15) is 0 Å². The molecule has 0 fully saturated rings. The molecule has 0 aliphatic carbocycles. The Morgan fingerprint density at radius 3 is 2.53 bits per heavy atom. The Hall–Kier alpha value is -1.29. The summed E-state index contributed by atoms with van der Waals surface area (Å²) in [4.78, 5) is 0. The molecule has 0 bridgehead atoms. The molecule has 0 saturated carbocycles. The number of rotatable bonds is 3. The lowest BCUT2D eigenvalue weighted by Gasteiger charge is -2.14. The second kappa shape index (κ2) is 5.56. The average Bonchev–Trinajstić information content (AvgIpc) is 2.01. The number of nitrogen functional groups attached to an aromatic ring is 1. The maximum atomic E-state index is 13.3. The fraction of sp³-hybridized carbons (Fsp3) is 0.300. The van der Waals surface area contributed by atoms with Crippen molar-refractivity contribution in [2.75, 3.05) is 5.32 Å². The van der Waals surface area contributed by atoms with Gasteiger partial charge in [0.2, 0.25) is 0 Å². The number of nitrogens with two attached hydrogens (primary N) is 1. The Labute approximate surface area is 94.8 Å². The van der Waals surface area contributed by atoms with Gasteiger partial charge in [0.1, 0.15) is 11.7 Å². The zero-order valence-corrected chi connectivity index (χ0v) is 9.49. The van der Waals surface area contributed by atoms with Gasteiger partial charge in [-0.3, -0.25) is 5.41 Å². The standard InChI is InChI=1S/C10H14FN3.ClH/c1-6(2)14-8-5-3-4-7(11)9(8)10(12)13;/h3-6,14H,1-2H3,(H3,12,13);1H. The molecule has 0 radical (unpaired) electrons. The number of benzene rings is 1. The van der Waals surface area contributed by atoms with E-state index < -0.39 is 5.82 Å². The van der Waals surface area contributed by atoms with Crippen molar-refractivity contribution in [3.63, 3.8) is 0 Å². The van der Waals surface area contributed by atoms with Crippen LogP contribution >= 0.6 is 12.4 Å². The Bertz CT molecular complexity index is 353. The molecule has 15 heavy (non-hydrogen) atoms. The highest BCUT2D eigenvalue weighted by molar-refractivity contribution is 6.00. The van der Waals surface area contributed by atoms with Gasteiger partial charge in [-0.25, -0.2) is 4.39 Å². The number of nitrogens with one attached hydrogen (secondary N) is 2. The molecule has 3 nitrogen and oxygen atoms in total. The maximum Gasteiger partial charge on any atom is 0.136 e. The molecule has 0 amide bonds. The first-order valence-corrected chi connectivity index (χ1v) is 4.42. The van der Waals surface area contributed by atoms with E-state index in [9.17, 15) is 4.39 Å². The summed E-state index contributed by atoms with van der Waals surface area (Å²) in [6, 6.07) is 4.77. The molecule has 1 rings (SSSR count). The minimum atomic E-state index is -0.469. The van der Waals surface area contributed by atoms with Crippen LogP contribution in [0.2, 0.25) is 0 Å². The van der Waals surface area contributed by atoms with E-state index in [1.165, 1.54) is 6.07 Å². The van der Waals surface area contributed by atoms with E-state index in [4.69, 9.17) is 11.1 Å². The van der Waals surface area contributed by atoms with Gasteiger partial charge in [0.15, 0.2) is 0 Å². The van der Waals surface area contributed by atoms with E-state index in [0.717, 1.165) is 0 Å². The second-order valence-corrected chi connectivity index (χ2v) is 3.38. The topological polar surface area (TPSA) is 61.9 Å². The van der Waals surface area contributed by atoms with Crippen LogP contribution in [-0.2, 0) is 0 Å². The van der Waals surface area contributed by atoms with Gasteiger partial charge in [0, 0.05) is 11.7 Å². The summed E-state index contributed by atoms with van der Waals surface area (Å²) in [6.07, 6.45) is 0. The first-order valence-electron chi connectivity index (χ1n) is 4.42. The number of hydrogen-bond acceptors (Lipinski definition) is 2. The van der Waals surface area contributed by atoms with Crippen molar-refractivity contribution in [2.24, 2.45) is 5.73 Å². The molecule has 0 spiro atoms. The van der Waals surface area contributed by atoms with Gasteiger partial charge in [0.05, 0.1) is 5.56 Å². The first kappa shape index (κ1) is 13.7. The smallest absolute Gasteiger partial charge is 0.136 e. The SMILES string of the molecule is CC(C)Nc1cccc(F)c1C(=N)N.Cl. The Kier molecular flexibility index (Phi) is 5.08.